The highest BCUT2D eigenvalue weighted by molar-refractivity contribution is 5.99. The summed E-state index contributed by atoms with van der Waals surface area (Å²) in [6.45, 7) is 0. The minimum Gasteiger partial charge on any atom is -0.497 e. The van der Waals surface area contributed by atoms with E-state index >= 15 is 0 Å². The summed E-state index contributed by atoms with van der Waals surface area (Å²) in [5.74, 6) is 1.32. The van der Waals surface area contributed by atoms with Crippen LogP contribution in [0.2, 0.25) is 0 Å². The molecule has 0 spiro atoms. The minimum absolute atomic E-state index is 0.0345. The number of rotatable bonds is 9. The lowest BCUT2D eigenvalue weighted by atomic mass is 10.1. The number of anilines is 1. The van der Waals surface area contributed by atoms with Crippen molar-refractivity contribution >= 4 is 17.9 Å². The number of nitrogens with two attached hydrogens (primary N) is 1. The van der Waals surface area contributed by atoms with Gasteiger partial charge in [0.25, 0.3) is 5.91 Å². The van der Waals surface area contributed by atoms with Crippen molar-refractivity contribution in [3.63, 3.8) is 0 Å². The van der Waals surface area contributed by atoms with Crippen molar-refractivity contribution < 1.29 is 28.4 Å². The quantitative estimate of drug-likeness (QED) is 0.256. The van der Waals surface area contributed by atoms with Gasteiger partial charge in [0.15, 0.2) is 5.69 Å². The van der Waals surface area contributed by atoms with E-state index in [1.807, 2.05) is 0 Å². The Hall–Kier alpha value is -5.14. The van der Waals surface area contributed by atoms with Gasteiger partial charge < -0.3 is 24.7 Å². The first-order chi connectivity index (χ1) is 17.5. The van der Waals surface area contributed by atoms with Crippen molar-refractivity contribution in [1.82, 2.24) is 30.7 Å². The van der Waals surface area contributed by atoms with Crippen LogP contribution in [0.3, 0.4) is 0 Å². The average molecular weight is 494 g/mol. The molecule has 0 radical (unpaired) electrons. The Kier molecular flexibility index (Phi) is 6.95. The third-order valence-electron chi connectivity index (χ3n) is 5.04. The molecule has 2 heterocycles. The third kappa shape index (κ3) is 4.59. The lowest BCUT2D eigenvalue weighted by molar-refractivity contribution is 0.0950. The van der Waals surface area contributed by atoms with Crippen LogP contribution >= 0.6 is 0 Å². The zero-order valence-corrected chi connectivity index (χ0v) is 19.8. The highest BCUT2D eigenvalue weighted by Crippen LogP contribution is 2.33. The maximum absolute atomic E-state index is 13.1. The van der Waals surface area contributed by atoms with Crippen LogP contribution in [0, 0.1) is 0 Å². The van der Waals surface area contributed by atoms with E-state index in [1.54, 1.807) is 36.4 Å². The number of benzene rings is 2. The summed E-state index contributed by atoms with van der Waals surface area (Å²) in [4.78, 5) is 13.1. The smallest absolute Gasteiger partial charge is 0.294 e. The summed E-state index contributed by atoms with van der Waals surface area (Å²) in [5, 5.41) is 19.4. The number of hydrazone groups is 1. The molecular formula is C22H22N8O6. The van der Waals surface area contributed by atoms with Gasteiger partial charge in [-0.25, -0.2) is 10.1 Å². The van der Waals surface area contributed by atoms with Gasteiger partial charge in [-0.05, 0) is 22.4 Å². The van der Waals surface area contributed by atoms with Crippen LogP contribution in [0.4, 0.5) is 5.82 Å². The SMILES string of the molecule is COc1cccc(-c2c(C(=O)N/N=C/c3c(OC)cc(OC)cc3OC)nnn2-c2nonc2N)c1. The Morgan fingerprint density at radius 2 is 1.75 bits per heavy atom. The number of nitrogen functional groups attached to an aromatic ring is 1. The molecular weight excluding hydrogens is 472 g/mol. The molecule has 0 unspecified atom stereocenters. The molecule has 0 aliphatic rings. The summed E-state index contributed by atoms with van der Waals surface area (Å²) in [6.07, 6.45) is 1.38. The molecule has 4 aromatic rings. The molecule has 0 fully saturated rings. The highest BCUT2D eigenvalue weighted by atomic mass is 16.6. The summed E-state index contributed by atoms with van der Waals surface area (Å²) in [7, 11) is 6.04. The van der Waals surface area contributed by atoms with Gasteiger partial charge in [-0.1, -0.05) is 17.3 Å². The number of methoxy groups -OCH3 is 4. The van der Waals surface area contributed by atoms with Gasteiger partial charge in [-0.15, -0.1) is 5.10 Å². The van der Waals surface area contributed by atoms with Crippen molar-refractivity contribution in [2.24, 2.45) is 5.10 Å². The van der Waals surface area contributed by atoms with Crippen LogP contribution < -0.4 is 30.1 Å². The van der Waals surface area contributed by atoms with Gasteiger partial charge in [-0.2, -0.15) is 9.78 Å². The van der Waals surface area contributed by atoms with E-state index in [0.29, 0.717) is 34.1 Å². The van der Waals surface area contributed by atoms with Gasteiger partial charge in [-0.3, -0.25) is 4.79 Å². The van der Waals surface area contributed by atoms with Crippen LogP contribution in [0.1, 0.15) is 16.1 Å². The molecule has 14 heteroatoms. The molecule has 0 bridgehead atoms. The maximum Gasteiger partial charge on any atom is 0.294 e. The molecule has 1 amide bonds. The van der Waals surface area contributed by atoms with E-state index in [2.05, 4.69) is 35.8 Å². The maximum atomic E-state index is 13.1. The van der Waals surface area contributed by atoms with Gasteiger partial charge in [0, 0.05) is 17.7 Å². The molecule has 2 aromatic carbocycles. The average Bonchev–Trinajstić information content (AvgIpc) is 3.54. The standard InChI is InChI=1S/C22H22N8O6/c1-32-13-7-5-6-12(8-13)19-18(25-29-30(19)21-20(23)27-36-28-21)22(31)26-24-11-15-16(34-3)9-14(33-2)10-17(15)35-4/h5-11H,1-4H3,(H2,23,27)(H,26,31)/b24-11+. The van der Waals surface area contributed by atoms with Gasteiger partial charge in [0.1, 0.15) is 28.7 Å². The Morgan fingerprint density at radius 1 is 1.03 bits per heavy atom. The van der Waals surface area contributed by atoms with E-state index in [-0.39, 0.29) is 23.0 Å². The molecule has 4 rings (SSSR count). The van der Waals surface area contributed by atoms with E-state index < -0.39 is 5.91 Å². The lowest BCUT2D eigenvalue weighted by Gasteiger charge is -2.12. The second-order valence-corrected chi connectivity index (χ2v) is 7.05. The summed E-state index contributed by atoms with van der Waals surface area (Å²) < 4.78 is 27.3. The van der Waals surface area contributed by atoms with Crippen molar-refractivity contribution in [3.05, 3.63) is 47.7 Å². The number of carbonyl (C=O) groups is 1. The van der Waals surface area contributed by atoms with Crippen LogP contribution in [0.25, 0.3) is 17.1 Å². The van der Waals surface area contributed by atoms with Gasteiger partial charge in [0.2, 0.25) is 11.6 Å². The number of carbonyl (C=O) groups excluding carboxylic acids is 1. The number of hydrogen-bond acceptors (Lipinski definition) is 12. The zero-order valence-electron chi connectivity index (χ0n) is 19.8. The van der Waals surface area contributed by atoms with Gasteiger partial charge >= 0.3 is 0 Å². The minimum atomic E-state index is -0.656. The fraction of sp³-hybridized carbons (Fsp3) is 0.182. The molecule has 0 aliphatic carbocycles. The van der Waals surface area contributed by atoms with E-state index in [1.165, 1.54) is 39.3 Å². The summed E-state index contributed by atoms with van der Waals surface area (Å²) >= 11 is 0. The van der Waals surface area contributed by atoms with Crippen molar-refractivity contribution in [2.75, 3.05) is 34.2 Å². The Balaban J connectivity index is 1.70. The molecule has 0 aliphatic heterocycles. The summed E-state index contributed by atoms with van der Waals surface area (Å²) in [5.41, 5.74) is 9.53. The Labute approximate surface area is 204 Å². The first-order valence-corrected chi connectivity index (χ1v) is 10.3. The van der Waals surface area contributed by atoms with Crippen LogP contribution in [-0.2, 0) is 0 Å². The molecule has 2 aromatic heterocycles. The molecule has 186 valence electrons. The van der Waals surface area contributed by atoms with Crippen LogP contribution in [0.15, 0.2) is 46.1 Å². The van der Waals surface area contributed by atoms with Crippen molar-refractivity contribution in [3.8, 4) is 40.1 Å². The Morgan fingerprint density at radius 3 is 2.36 bits per heavy atom. The monoisotopic (exact) mass is 494 g/mol. The van der Waals surface area contributed by atoms with Crippen molar-refractivity contribution in [1.29, 1.82) is 0 Å². The molecule has 14 nitrogen and oxygen atoms in total. The molecule has 0 saturated heterocycles. The predicted octanol–water partition coefficient (Wildman–Crippen LogP) is 1.70. The molecule has 0 atom stereocenters. The predicted molar refractivity (Wildman–Crippen MR) is 127 cm³/mol. The number of nitrogens with one attached hydrogen (secondary N) is 1. The topological polar surface area (TPSA) is 174 Å². The molecule has 3 N–H and O–H groups in total. The zero-order chi connectivity index (χ0) is 25.7. The van der Waals surface area contributed by atoms with E-state index in [4.69, 9.17) is 24.7 Å². The van der Waals surface area contributed by atoms with Crippen molar-refractivity contribution in [2.45, 2.75) is 0 Å². The Bertz CT molecular complexity index is 1390. The fourth-order valence-corrected chi connectivity index (χ4v) is 3.32. The fourth-order valence-electron chi connectivity index (χ4n) is 3.32. The normalized spacial score (nSPS) is 10.9. The first kappa shape index (κ1) is 24.0. The molecule has 0 saturated carbocycles. The number of aromatic nitrogens is 5. The highest BCUT2D eigenvalue weighted by Gasteiger charge is 2.25. The number of ether oxygens (including phenoxy) is 4. The van der Waals surface area contributed by atoms with Crippen LogP contribution in [-0.4, -0.2) is 65.9 Å². The largest absolute Gasteiger partial charge is 0.497 e. The molecule has 36 heavy (non-hydrogen) atoms. The van der Waals surface area contributed by atoms with Crippen LogP contribution in [0.5, 0.6) is 23.0 Å². The second-order valence-electron chi connectivity index (χ2n) is 7.05. The van der Waals surface area contributed by atoms with E-state index in [9.17, 15) is 4.79 Å². The number of hydrogen-bond donors (Lipinski definition) is 2. The van der Waals surface area contributed by atoms with Gasteiger partial charge in [0.05, 0.1) is 40.2 Å². The van der Waals surface area contributed by atoms with E-state index in [0.717, 1.165) is 0 Å². The third-order valence-corrected chi connectivity index (χ3v) is 5.04. The number of nitrogens with zero attached hydrogens (tertiary/aromatic N) is 6. The second kappa shape index (κ2) is 10.4. The number of amides is 1. The first-order valence-electron chi connectivity index (χ1n) is 10.3. The lowest BCUT2D eigenvalue weighted by Crippen LogP contribution is -2.19. The summed E-state index contributed by atoms with van der Waals surface area (Å²) in [6, 6.07) is 10.3.